The Hall–Kier alpha value is 0.354. The molecular formula is C32H66N2Si2. The lowest BCUT2D eigenvalue weighted by molar-refractivity contribution is 0.159. The Bertz CT molecular complexity index is 725. The molecule has 3 aliphatic rings. The molecule has 36 heavy (non-hydrogen) atoms. The topological polar surface area (TPSA) is 24.1 Å². The van der Waals surface area contributed by atoms with Crippen LogP contribution in [0, 0.1) is 53.3 Å². The van der Waals surface area contributed by atoms with E-state index in [1.54, 1.807) is 0 Å². The summed E-state index contributed by atoms with van der Waals surface area (Å²) in [5.74, 6) is 7.61. The van der Waals surface area contributed by atoms with Gasteiger partial charge in [0.2, 0.25) is 0 Å². The van der Waals surface area contributed by atoms with Crippen LogP contribution in [0.3, 0.4) is 0 Å². The molecule has 0 radical (unpaired) electrons. The summed E-state index contributed by atoms with van der Waals surface area (Å²) in [6.45, 7) is 38.5. The minimum atomic E-state index is -1.58. The average Bonchev–Trinajstić information content (AvgIpc) is 3.06. The number of hydrogen-bond donors (Lipinski definition) is 2. The zero-order valence-electron chi connectivity index (χ0n) is 27.2. The van der Waals surface area contributed by atoms with E-state index >= 15 is 0 Å². The normalized spacial score (nSPS) is 46.9. The zero-order chi connectivity index (χ0) is 27.6. The van der Waals surface area contributed by atoms with Crippen LogP contribution in [0.1, 0.15) is 102 Å². The van der Waals surface area contributed by atoms with Crippen molar-refractivity contribution >= 4 is 16.5 Å². The summed E-state index contributed by atoms with van der Waals surface area (Å²) in [4.78, 5) is 8.84. The Balaban J connectivity index is 1.65. The van der Waals surface area contributed by atoms with Gasteiger partial charge in [-0.3, -0.25) is 0 Å². The van der Waals surface area contributed by atoms with Crippen molar-refractivity contribution in [2.75, 3.05) is 0 Å². The third kappa shape index (κ3) is 5.64. The standard InChI is InChI=1S/C32H66N2Si2/c1-20-21(2)25(6)29(24(20)5)35(12,13)33-31(9,10)28-16-18-32(11,19-17-28)34-36(14,15)30-26(7)22(3)23(4)27(30)8/h20-30,33-34H,16-19H2,1-15H3. The molecule has 0 bridgehead atoms. The third-order valence-electron chi connectivity index (χ3n) is 13.3. The maximum Gasteiger partial charge on any atom is 0.123 e. The van der Waals surface area contributed by atoms with E-state index in [0.717, 1.165) is 64.3 Å². The van der Waals surface area contributed by atoms with Gasteiger partial charge in [0.25, 0.3) is 0 Å². The first-order valence-corrected chi connectivity index (χ1v) is 22.0. The van der Waals surface area contributed by atoms with E-state index in [-0.39, 0.29) is 5.54 Å². The van der Waals surface area contributed by atoms with Gasteiger partial charge in [-0.2, -0.15) is 0 Å². The molecule has 4 heteroatoms. The maximum absolute atomic E-state index is 4.43. The van der Waals surface area contributed by atoms with Gasteiger partial charge in [-0.15, -0.1) is 0 Å². The van der Waals surface area contributed by atoms with Gasteiger partial charge in [-0.05, 0) is 111 Å². The largest absolute Gasteiger partial charge is 0.332 e. The predicted molar refractivity (Wildman–Crippen MR) is 166 cm³/mol. The highest BCUT2D eigenvalue weighted by atomic mass is 28.3. The molecule has 2 nitrogen and oxygen atoms in total. The summed E-state index contributed by atoms with van der Waals surface area (Å²) in [6, 6.07) is 0. The molecule has 3 fully saturated rings. The molecule has 0 saturated heterocycles. The van der Waals surface area contributed by atoms with Crippen LogP contribution in [0.2, 0.25) is 37.3 Å². The van der Waals surface area contributed by atoms with Crippen LogP contribution in [-0.2, 0) is 0 Å². The molecule has 0 heterocycles. The van der Waals surface area contributed by atoms with E-state index in [4.69, 9.17) is 0 Å². The fourth-order valence-electron chi connectivity index (χ4n) is 10.8. The highest BCUT2D eigenvalue weighted by Crippen LogP contribution is 2.55. The second kappa shape index (κ2) is 10.4. The van der Waals surface area contributed by atoms with E-state index in [1.807, 2.05) is 0 Å². The molecule has 8 atom stereocenters. The summed E-state index contributed by atoms with van der Waals surface area (Å²) in [5.41, 5.74) is 2.33. The molecule has 212 valence electrons. The smallest absolute Gasteiger partial charge is 0.123 e. The van der Waals surface area contributed by atoms with Crippen molar-refractivity contribution < 1.29 is 0 Å². The number of nitrogens with one attached hydrogen (secondary N) is 2. The second-order valence-corrected chi connectivity index (χ2v) is 25.4. The summed E-state index contributed by atoms with van der Waals surface area (Å²) in [5, 5.41) is 0. The highest BCUT2D eigenvalue weighted by Gasteiger charge is 2.53. The van der Waals surface area contributed by atoms with E-state index in [2.05, 4.69) is 112 Å². The Morgan fingerprint density at radius 1 is 0.583 bits per heavy atom. The molecule has 8 unspecified atom stereocenters. The van der Waals surface area contributed by atoms with E-state index in [9.17, 15) is 0 Å². The lowest BCUT2D eigenvalue weighted by atomic mass is 9.71. The molecule has 0 spiro atoms. The lowest BCUT2D eigenvalue weighted by Gasteiger charge is -2.51. The molecule has 0 aromatic rings. The van der Waals surface area contributed by atoms with Gasteiger partial charge >= 0.3 is 0 Å². The maximum atomic E-state index is 4.43. The van der Waals surface area contributed by atoms with Crippen molar-refractivity contribution in [2.45, 2.75) is 150 Å². The summed E-state index contributed by atoms with van der Waals surface area (Å²) >= 11 is 0. The van der Waals surface area contributed by atoms with Crippen LogP contribution < -0.4 is 9.96 Å². The molecule has 0 aromatic carbocycles. The SMILES string of the molecule is CC1C(C)C(C)C([Si](C)(C)NC2(C)CCC(C(C)(C)N[Si](C)(C)C3C(C)C(C)C(C)C3C)CC2)C1C. The zero-order valence-corrected chi connectivity index (χ0v) is 29.2. The summed E-state index contributed by atoms with van der Waals surface area (Å²) in [6.07, 6.45) is 5.41. The fraction of sp³-hybridized carbons (Fsp3) is 1.00. The highest BCUT2D eigenvalue weighted by molar-refractivity contribution is 6.77. The monoisotopic (exact) mass is 534 g/mol. The number of hydrogen-bond acceptors (Lipinski definition) is 2. The Morgan fingerprint density at radius 3 is 1.28 bits per heavy atom. The minimum absolute atomic E-state index is 0.234. The molecule has 2 N–H and O–H groups in total. The number of rotatable bonds is 7. The van der Waals surface area contributed by atoms with E-state index < -0.39 is 16.5 Å². The lowest BCUT2D eigenvalue weighted by Crippen LogP contribution is -2.65. The third-order valence-corrected chi connectivity index (χ3v) is 21.3. The van der Waals surface area contributed by atoms with Crippen molar-refractivity contribution in [3.05, 3.63) is 0 Å². The van der Waals surface area contributed by atoms with Crippen LogP contribution in [-0.4, -0.2) is 27.5 Å². The van der Waals surface area contributed by atoms with Crippen molar-refractivity contribution in [1.82, 2.24) is 9.96 Å². The van der Waals surface area contributed by atoms with Crippen LogP contribution in [0.5, 0.6) is 0 Å². The van der Waals surface area contributed by atoms with E-state index in [0.29, 0.717) is 5.54 Å². The molecule has 0 aromatic heterocycles. The van der Waals surface area contributed by atoms with Crippen LogP contribution in [0.25, 0.3) is 0 Å². The Morgan fingerprint density at radius 2 is 0.917 bits per heavy atom. The Labute approximate surface area is 229 Å². The van der Waals surface area contributed by atoms with Crippen molar-refractivity contribution in [3.63, 3.8) is 0 Å². The van der Waals surface area contributed by atoms with Gasteiger partial charge in [0.15, 0.2) is 0 Å². The summed E-state index contributed by atoms with van der Waals surface area (Å²) < 4.78 is 0. The van der Waals surface area contributed by atoms with Gasteiger partial charge in [-0.1, -0.05) is 81.6 Å². The van der Waals surface area contributed by atoms with Crippen molar-refractivity contribution in [3.8, 4) is 0 Å². The first-order valence-electron chi connectivity index (χ1n) is 15.8. The van der Waals surface area contributed by atoms with Crippen LogP contribution in [0.15, 0.2) is 0 Å². The first kappa shape index (κ1) is 30.9. The van der Waals surface area contributed by atoms with E-state index in [1.165, 1.54) is 25.7 Å². The molecule has 3 aliphatic carbocycles. The second-order valence-electron chi connectivity index (χ2n) is 16.7. The fourth-order valence-corrected chi connectivity index (χ4v) is 21.3. The molecule has 3 saturated carbocycles. The van der Waals surface area contributed by atoms with Crippen LogP contribution in [0.4, 0.5) is 0 Å². The quantitative estimate of drug-likeness (QED) is 0.318. The Kier molecular flexibility index (Phi) is 8.92. The van der Waals surface area contributed by atoms with Crippen LogP contribution >= 0.6 is 0 Å². The van der Waals surface area contributed by atoms with Gasteiger partial charge < -0.3 is 9.96 Å². The summed E-state index contributed by atoms with van der Waals surface area (Å²) in [7, 11) is -3.13. The molecule has 3 rings (SSSR count). The molecule has 0 aliphatic heterocycles. The van der Waals surface area contributed by atoms with Crippen molar-refractivity contribution in [2.24, 2.45) is 53.3 Å². The van der Waals surface area contributed by atoms with Gasteiger partial charge in [0.05, 0.1) is 0 Å². The average molecular weight is 535 g/mol. The van der Waals surface area contributed by atoms with Crippen molar-refractivity contribution in [1.29, 1.82) is 0 Å². The molecule has 0 amide bonds. The minimum Gasteiger partial charge on any atom is -0.332 e. The van der Waals surface area contributed by atoms with Gasteiger partial charge in [0.1, 0.15) is 16.5 Å². The first-order chi connectivity index (χ1) is 16.3. The molecular weight excluding hydrogens is 469 g/mol. The van der Waals surface area contributed by atoms with Gasteiger partial charge in [0, 0.05) is 11.1 Å². The predicted octanol–water partition coefficient (Wildman–Crippen LogP) is 9.16. The van der Waals surface area contributed by atoms with Gasteiger partial charge in [-0.25, -0.2) is 0 Å².